The first-order chi connectivity index (χ1) is 18.8. The quantitative estimate of drug-likeness (QED) is 0.162. The van der Waals surface area contributed by atoms with Crippen LogP contribution in [0.25, 0.3) is 0 Å². The lowest BCUT2D eigenvalue weighted by atomic mass is 10.1. The van der Waals surface area contributed by atoms with Crippen LogP contribution in [-0.4, -0.2) is 41.7 Å². The van der Waals surface area contributed by atoms with Gasteiger partial charge in [-0.2, -0.15) is 0 Å². The van der Waals surface area contributed by atoms with E-state index in [1.54, 1.807) is 18.2 Å². The molecule has 1 N–H and O–H groups in total. The molecule has 0 spiro atoms. The molecule has 0 unspecified atom stereocenters. The van der Waals surface area contributed by atoms with E-state index in [-0.39, 0.29) is 16.1 Å². The molecule has 0 aromatic heterocycles. The summed E-state index contributed by atoms with van der Waals surface area (Å²) in [6.45, 7) is 5.75. The second-order valence-electron chi connectivity index (χ2n) is 9.21. The number of carbonyl (C=O) groups is 1. The zero-order valence-electron chi connectivity index (χ0n) is 23.1. The third-order valence-electron chi connectivity index (χ3n) is 6.13. The van der Waals surface area contributed by atoms with Crippen LogP contribution in [0.5, 0.6) is 17.2 Å². The zero-order valence-corrected chi connectivity index (χ0v) is 23.9. The molecule has 0 saturated heterocycles. The summed E-state index contributed by atoms with van der Waals surface area (Å²) in [5.74, 6) is 0.871. The molecule has 0 atom stereocenters. The zero-order chi connectivity index (χ0) is 28.3. The lowest BCUT2D eigenvalue weighted by Gasteiger charge is -2.20. The fourth-order valence-corrected chi connectivity index (χ4v) is 4.94. The van der Waals surface area contributed by atoms with Crippen molar-refractivity contribution in [3.8, 4) is 17.2 Å². The summed E-state index contributed by atoms with van der Waals surface area (Å²) in [6.07, 6.45) is 5.36. The van der Waals surface area contributed by atoms with E-state index in [1.807, 2.05) is 31.3 Å². The van der Waals surface area contributed by atoms with Gasteiger partial charge in [-0.15, -0.1) is 0 Å². The van der Waals surface area contributed by atoms with E-state index in [1.165, 1.54) is 37.8 Å². The number of methoxy groups -OCH3 is 1. The van der Waals surface area contributed by atoms with Gasteiger partial charge in [0.2, 0.25) is 0 Å². The molecular formula is C30H38N2O6S. The van der Waals surface area contributed by atoms with Gasteiger partial charge in [-0.3, -0.25) is 4.72 Å². The van der Waals surface area contributed by atoms with Gasteiger partial charge in [0.1, 0.15) is 17.2 Å². The summed E-state index contributed by atoms with van der Waals surface area (Å²) in [6, 6.07) is 18.4. The number of nitrogens with one attached hydrogen (secondary N) is 1. The summed E-state index contributed by atoms with van der Waals surface area (Å²) in [4.78, 5) is 14.8. The molecule has 0 bridgehead atoms. The number of esters is 1. The van der Waals surface area contributed by atoms with Crippen molar-refractivity contribution in [2.24, 2.45) is 0 Å². The lowest BCUT2D eigenvalue weighted by Crippen LogP contribution is -2.18. The molecule has 0 aliphatic carbocycles. The fraction of sp³-hybridized carbons (Fsp3) is 0.367. The summed E-state index contributed by atoms with van der Waals surface area (Å²) >= 11 is 0. The maximum Gasteiger partial charge on any atom is 0.340 e. The number of ether oxygens (including phenoxy) is 3. The van der Waals surface area contributed by atoms with Gasteiger partial charge in [0.05, 0.1) is 29.9 Å². The summed E-state index contributed by atoms with van der Waals surface area (Å²) in [7, 11) is -0.697. The van der Waals surface area contributed by atoms with Crippen LogP contribution in [-0.2, 0) is 14.8 Å². The van der Waals surface area contributed by atoms with E-state index in [0.29, 0.717) is 23.9 Å². The van der Waals surface area contributed by atoms with Crippen molar-refractivity contribution in [2.45, 2.75) is 50.8 Å². The number of anilines is 2. The Morgan fingerprint density at radius 3 is 2.26 bits per heavy atom. The Morgan fingerprint density at radius 2 is 1.56 bits per heavy atom. The number of hydrogen-bond donors (Lipinski definition) is 1. The Kier molecular flexibility index (Phi) is 11.0. The fourth-order valence-electron chi connectivity index (χ4n) is 3.86. The van der Waals surface area contributed by atoms with Crippen molar-refractivity contribution in [3.05, 3.63) is 72.3 Å². The molecule has 3 aromatic rings. The van der Waals surface area contributed by atoms with Crippen molar-refractivity contribution < 1.29 is 27.4 Å². The molecule has 210 valence electrons. The minimum Gasteiger partial charge on any atom is -0.494 e. The monoisotopic (exact) mass is 554 g/mol. The van der Waals surface area contributed by atoms with Gasteiger partial charge in [-0.05, 0) is 67.4 Å². The van der Waals surface area contributed by atoms with Crippen LogP contribution in [0.15, 0.2) is 71.6 Å². The number of hydrogen-bond acceptors (Lipinski definition) is 7. The second kappa shape index (κ2) is 14.4. The Bertz CT molecular complexity index is 1330. The topological polar surface area (TPSA) is 94.2 Å². The normalized spacial score (nSPS) is 11.1. The van der Waals surface area contributed by atoms with E-state index < -0.39 is 16.0 Å². The van der Waals surface area contributed by atoms with Crippen molar-refractivity contribution in [1.29, 1.82) is 0 Å². The Balaban J connectivity index is 1.78. The Morgan fingerprint density at radius 1 is 0.872 bits per heavy atom. The van der Waals surface area contributed by atoms with Crippen LogP contribution in [0.4, 0.5) is 11.4 Å². The third kappa shape index (κ3) is 8.64. The molecule has 39 heavy (non-hydrogen) atoms. The van der Waals surface area contributed by atoms with Crippen molar-refractivity contribution in [2.75, 3.05) is 36.9 Å². The van der Waals surface area contributed by atoms with Gasteiger partial charge in [-0.25, -0.2) is 13.2 Å². The number of unbranched alkanes of at least 4 members (excludes halogenated alkanes) is 3. The molecule has 0 radical (unpaired) electrons. The average molecular weight is 555 g/mol. The molecular weight excluding hydrogens is 516 g/mol. The number of benzene rings is 3. The lowest BCUT2D eigenvalue weighted by molar-refractivity contribution is 0.0601. The molecule has 0 heterocycles. The van der Waals surface area contributed by atoms with E-state index >= 15 is 0 Å². The van der Waals surface area contributed by atoms with E-state index in [9.17, 15) is 13.2 Å². The standard InChI is InChI=1S/C30H38N2O6S/c1-5-7-9-19-32(3)23-11-10-12-25(21-23)38-26-15-18-29(28(22-26)30(33)36-4)31-39(34,35)27-16-13-24(14-17-27)37-20-8-6-2/h10-18,21-22,31H,5-9,19-20H2,1-4H3. The minimum absolute atomic E-state index is 0.0333. The van der Waals surface area contributed by atoms with Gasteiger partial charge < -0.3 is 19.1 Å². The summed E-state index contributed by atoms with van der Waals surface area (Å²) < 4.78 is 45.2. The molecule has 0 aliphatic heterocycles. The van der Waals surface area contributed by atoms with Crippen LogP contribution in [0.3, 0.4) is 0 Å². The highest BCUT2D eigenvalue weighted by Gasteiger charge is 2.20. The molecule has 0 amide bonds. The molecule has 3 rings (SSSR count). The maximum atomic E-state index is 13.1. The van der Waals surface area contributed by atoms with Crippen molar-refractivity contribution >= 4 is 27.4 Å². The van der Waals surface area contributed by atoms with Gasteiger partial charge in [0.15, 0.2) is 0 Å². The van der Waals surface area contributed by atoms with Crippen molar-refractivity contribution in [1.82, 2.24) is 0 Å². The van der Waals surface area contributed by atoms with E-state index in [4.69, 9.17) is 14.2 Å². The highest BCUT2D eigenvalue weighted by molar-refractivity contribution is 7.92. The molecule has 0 aliphatic rings. The SMILES string of the molecule is CCCCCN(C)c1cccc(Oc2ccc(NS(=O)(=O)c3ccc(OCCCC)cc3)c(C(=O)OC)c2)c1. The second-order valence-corrected chi connectivity index (χ2v) is 10.9. The van der Waals surface area contributed by atoms with Crippen LogP contribution in [0.2, 0.25) is 0 Å². The average Bonchev–Trinajstić information content (AvgIpc) is 2.94. The highest BCUT2D eigenvalue weighted by atomic mass is 32.2. The number of rotatable bonds is 15. The molecule has 0 saturated carbocycles. The Hall–Kier alpha value is -3.72. The largest absolute Gasteiger partial charge is 0.494 e. The van der Waals surface area contributed by atoms with Gasteiger partial charge >= 0.3 is 5.97 Å². The van der Waals surface area contributed by atoms with Crippen LogP contribution >= 0.6 is 0 Å². The van der Waals surface area contributed by atoms with Gasteiger partial charge in [0.25, 0.3) is 10.0 Å². The van der Waals surface area contributed by atoms with Crippen LogP contribution in [0.1, 0.15) is 56.3 Å². The molecule has 8 nitrogen and oxygen atoms in total. The van der Waals surface area contributed by atoms with Gasteiger partial charge in [-0.1, -0.05) is 39.2 Å². The van der Waals surface area contributed by atoms with E-state index in [2.05, 4.69) is 23.5 Å². The Labute approximate surface area is 231 Å². The summed E-state index contributed by atoms with van der Waals surface area (Å²) in [5, 5.41) is 0. The number of sulfonamides is 1. The molecule has 0 fully saturated rings. The summed E-state index contributed by atoms with van der Waals surface area (Å²) in [5.41, 5.74) is 1.13. The van der Waals surface area contributed by atoms with Gasteiger partial charge in [0, 0.05) is 25.3 Å². The predicted octanol–water partition coefficient (Wildman–Crippen LogP) is 6.87. The molecule has 9 heteroatoms. The first kappa shape index (κ1) is 29.8. The molecule has 3 aromatic carbocycles. The third-order valence-corrected chi connectivity index (χ3v) is 7.51. The first-order valence-corrected chi connectivity index (χ1v) is 14.7. The maximum absolute atomic E-state index is 13.1. The minimum atomic E-state index is -3.98. The number of carbonyl (C=O) groups excluding carboxylic acids is 1. The number of nitrogens with zero attached hydrogens (tertiary/aromatic N) is 1. The smallest absolute Gasteiger partial charge is 0.340 e. The van der Waals surface area contributed by atoms with Crippen LogP contribution < -0.4 is 19.1 Å². The van der Waals surface area contributed by atoms with Crippen molar-refractivity contribution in [3.63, 3.8) is 0 Å². The first-order valence-electron chi connectivity index (χ1n) is 13.2. The van der Waals surface area contributed by atoms with E-state index in [0.717, 1.165) is 37.9 Å². The highest BCUT2D eigenvalue weighted by Crippen LogP contribution is 2.30. The van der Waals surface area contributed by atoms with Crippen LogP contribution in [0, 0.1) is 0 Å². The predicted molar refractivity (Wildman–Crippen MR) is 155 cm³/mol.